The van der Waals surface area contributed by atoms with Crippen LogP contribution in [-0.2, 0) is 0 Å². The number of aromatic nitrogens is 3. The molecule has 3 heterocycles. The van der Waals surface area contributed by atoms with E-state index >= 15 is 0 Å². The molecule has 1 aliphatic heterocycles. The van der Waals surface area contributed by atoms with Crippen LogP contribution in [0.2, 0.25) is 0 Å². The van der Waals surface area contributed by atoms with E-state index in [4.69, 9.17) is 0 Å². The Morgan fingerprint density at radius 3 is 3.31 bits per heavy atom. The zero-order valence-corrected chi connectivity index (χ0v) is 6.78. The first-order valence-electron chi connectivity index (χ1n) is 4.03. The Morgan fingerprint density at radius 1 is 1.31 bits per heavy atom. The number of anilines is 1. The summed E-state index contributed by atoms with van der Waals surface area (Å²) in [4.78, 5) is 15.6. The molecule has 0 bridgehead atoms. The van der Waals surface area contributed by atoms with Gasteiger partial charge in [-0.1, -0.05) is 0 Å². The number of aliphatic imine (C=N–C) groups is 1. The van der Waals surface area contributed by atoms with Crippen LogP contribution in [-0.4, -0.2) is 27.7 Å². The number of nitrogens with zero attached hydrogens (tertiary/aromatic N) is 3. The van der Waals surface area contributed by atoms with E-state index in [-0.39, 0.29) is 0 Å². The summed E-state index contributed by atoms with van der Waals surface area (Å²) in [5, 5.41) is 4.12. The molecule has 0 fully saturated rings. The summed E-state index contributed by atoms with van der Waals surface area (Å²) in [6.45, 7) is 0.709. The lowest BCUT2D eigenvalue weighted by atomic mass is 10.3. The molecular formula is C8H7N5. The Balaban J connectivity index is 2.48. The summed E-state index contributed by atoms with van der Waals surface area (Å²) < 4.78 is 0. The molecule has 2 N–H and O–H groups in total. The maximum absolute atomic E-state index is 4.27. The molecule has 2 aromatic heterocycles. The first kappa shape index (κ1) is 6.59. The van der Waals surface area contributed by atoms with Crippen molar-refractivity contribution in [3.63, 3.8) is 0 Å². The Labute approximate surface area is 73.9 Å². The van der Waals surface area contributed by atoms with E-state index in [0.29, 0.717) is 6.54 Å². The van der Waals surface area contributed by atoms with Crippen molar-refractivity contribution in [2.24, 2.45) is 4.99 Å². The fourth-order valence-electron chi connectivity index (χ4n) is 1.47. The van der Waals surface area contributed by atoms with Gasteiger partial charge in [0.05, 0.1) is 17.6 Å². The van der Waals surface area contributed by atoms with E-state index in [1.165, 1.54) is 6.33 Å². The maximum atomic E-state index is 4.27. The predicted molar refractivity (Wildman–Crippen MR) is 50.5 cm³/mol. The number of aromatic amines is 1. The average Bonchev–Trinajstić information content (AvgIpc) is 2.44. The summed E-state index contributed by atoms with van der Waals surface area (Å²) in [6, 6.07) is 0. The summed E-state index contributed by atoms with van der Waals surface area (Å²) >= 11 is 0. The van der Waals surface area contributed by atoms with E-state index < -0.39 is 0 Å². The summed E-state index contributed by atoms with van der Waals surface area (Å²) in [5.41, 5.74) is 1.72. The van der Waals surface area contributed by atoms with Gasteiger partial charge in [0.2, 0.25) is 0 Å². The highest BCUT2D eigenvalue weighted by Gasteiger charge is 2.11. The Hall–Kier alpha value is -1.91. The average molecular weight is 173 g/mol. The first-order chi connectivity index (χ1) is 6.45. The van der Waals surface area contributed by atoms with E-state index in [2.05, 4.69) is 25.3 Å². The molecule has 2 aromatic rings. The standard InChI is InChI=1S/C8H7N5/c1-2-10-7-6-5(9-1)3-11-8(6)13-4-12-7/h1,3-4H,2H2,(H2,10,11,12,13). The minimum atomic E-state index is 0.709. The van der Waals surface area contributed by atoms with E-state index in [9.17, 15) is 0 Å². The number of H-pyrrole nitrogens is 1. The van der Waals surface area contributed by atoms with Crippen LogP contribution in [0.15, 0.2) is 17.5 Å². The highest BCUT2D eigenvalue weighted by Crippen LogP contribution is 2.30. The van der Waals surface area contributed by atoms with Crippen LogP contribution in [0.5, 0.6) is 0 Å². The van der Waals surface area contributed by atoms with Crippen molar-refractivity contribution in [3.8, 4) is 0 Å². The van der Waals surface area contributed by atoms with Crippen LogP contribution in [0.1, 0.15) is 0 Å². The zero-order chi connectivity index (χ0) is 8.67. The van der Waals surface area contributed by atoms with Crippen molar-refractivity contribution in [2.75, 3.05) is 11.9 Å². The third-order valence-corrected chi connectivity index (χ3v) is 2.04. The molecule has 5 nitrogen and oxygen atoms in total. The van der Waals surface area contributed by atoms with Crippen molar-refractivity contribution >= 4 is 28.8 Å². The molecule has 0 amide bonds. The molecule has 0 saturated carbocycles. The monoisotopic (exact) mass is 173 g/mol. The van der Waals surface area contributed by atoms with Crippen LogP contribution >= 0.6 is 0 Å². The van der Waals surface area contributed by atoms with Crippen molar-refractivity contribution < 1.29 is 0 Å². The fourth-order valence-corrected chi connectivity index (χ4v) is 1.47. The molecule has 5 heteroatoms. The molecule has 1 aliphatic rings. The van der Waals surface area contributed by atoms with Gasteiger partial charge in [-0.3, -0.25) is 4.99 Å². The fraction of sp³-hybridized carbons (Fsp3) is 0.125. The first-order valence-corrected chi connectivity index (χ1v) is 4.03. The molecule has 0 atom stereocenters. The van der Waals surface area contributed by atoms with Gasteiger partial charge < -0.3 is 10.3 Å². The summed E-state index contributed by atoms with van der Waals surface area (Å²) in [7, 11) is 0. The van der Waals surface area contributed by atoms with Crippen molar-refractivity contribution in [3.05, 3.63) is 12.5 Å². The minimum Gasteiger partial charge on any atom is -0.364 e. The van der Waals surface area contributed by atoms with Crippen molar-refractivity contribution in [1.82, 2.24) is 15.0 Å². The molecular weight excluding hydrogens is 166 g/mol. The smallest absolute Gasteiger partial charge is 0.145 e. The Bertz CT molecular complexity index is 484. The third-order valence-electron chi connectivity index (χ3n) is 2.04. The second-order valence-electron chi connectivity index (χ2n) is 2.81. The normalized spacial score (nSPS) is 14.2. The second kappa shape index (κ2) is 2.29. The van der Waals surface area contributed by atoms with Crippen molar-refractivity contribution in [1.29, 1.82) is 0 Å². The van der Waals surface area contributed by atoms with E-state index in [0.717, 1.165) is 22.5 Å². The van der Waals surface area contributed by atoms with E-state index in [1.807, 2.05) is 12.4 Å². The number of hydrogen-bond donors (Lipinski definition) is 2. The maximum Gasteiger partial charge on any atom is 0.145 e. The van der Waals surface area contributed by atoms with Crippen LogP contribution < -0.4 is 5.32 Å². The molecule has 0 radical (unpaired) electrons. The van der Waals surface area contributed by atoms with Gasteiger partial charge in [0.15, 0.2) is 0 Å². The van der Waals surface area contributed by atoms with Gasteiger partial charge in [0.25, 0.3) is 0 Å². The molecule has 0 saturated heterocycles. The number of rotatable bonds is 0. The summed E-state index contributed by atoms with van der Waals surface area (Å²) in [6.07, 6.45) is 5.20. The van der Waals surface area contributed by atoms with Gasteiger partial charge in [-0.25, -0.2) is 9.97 Å². The number of hydrogen-bond acceptors (Lipinski definition) is 4. The Morgan fingerprint density at radius 2 is 2.31 bits per heavy atom. The van der Waals surface area contributed by atoms with Gasteiger partial charge in [-0.2, -0.15) is 0 Å². The lowest BCUT2D eigenvalue weighted by Gasteiger charge is -1.99. The SMILES string of the molecule is C1=Nc2c[nH]c3ncnc(c23)NC1. The predicted octanol–water partition coefficient (Wildman–Crippen LogP) is 1.09. The van der Waals surface area contributed by atoms with Gasteiger partial charge in [0.1, 0.15) is 17.8 Å². The van der Waals surface area contributed by atoms with Crippen molar-refractivity contribution in [2.45, 2.75) is 0 Å². The quantitative estimate of drug-likeness (QED) is 0.626. The Kier molecular flexibility index (Phi) is 1.16. The highest BCUT2D eigenvalue weighted by molar-refractivity contribution is 6.00. The molecule has 0 aliphatic carbocycles. The summed E-state index contributed by atoms with van der Waals surface area (Å²) in [5.74, 6) is 0.846. The molecule has 64 valence electrons. The van der Waals surface area contributed by atoms with Gasteiger partial charge >= 0.3 is 0 Å². The topological polar surface area (TPSA) is 66.0 Å². The largest absolute Gasteiger partial charge is 0.364 e. The second-order valence-corrected chi connectivity index (χ2v) is 2.81. The van der Waals surface area contributed by atoms with Gasteiger partial charge in [-0.15, -0.1) is 0 Å². The molecule has 0 spiro atoms. The van der Waals surface area contributed by atoms with Crippen LogP contribution in [0.3, 0.4) is 0 Å². The van der Waals surface area contributed by atoms with Crippen LogP contribution in [0.4, 0.5) is 11.5 Å². The van der Waals surface area contributed by atoms with Gasteiger partial charge in [-0.05, 0) is 0 Å². The third kappa shape index (κ3) is 0.837. The highest BCUT2D eigenvalue weighted by atomic mass is 15.1. The molecule has 0 aromatic carbocycles. The lowest BCUT2D eigenvalue weighted by Crippen LogP contribution is -2.02. The van der Waals surface area contributed by atoms with Crippen LogP contribution in [0, 0.1) is 0 Å². The molecule has 0 unspecified atom stereocenters. The minimum absolute atomic E-state index is 0.709. The molecule has 3 rings (SSSR count). The zero-order valence-electron chi connectivity index (χ0n) is 6.78. The van der Waals surface area contributed by atoms with Gasteiger partial charge in [0, 0.05) is 12.4 Å². The van der Waals surface area contributed by atoms with Crippen LogP contribution in [0.25, 0.3) is 11.0 Å². The lowest BCUT2D eigenvalue weighted by molar-refractivity contribution is 1.18. The number of nitrogens with one attached hydrogen (secondary N) is 2. The molecule has 13 heavy (non-hydrogen) atoms. The van der Waals surface area contributed by atoms with E-state index in [1.54, 1.807) is 0 Å².